The van der Waals surface area contributed by atoms with Crippen molar-refractivity contribution in [3.8, 4) is 0 Å². The molecule has 0 spiro atoms. The monoisotopic (exact) mass is 288 g/mol. The number of aldehydes is 1. The summed E-state index contributed by atoms with van der Waals surface area (Å²) in [7, 11) is 0. The van der Waals surface area contributed by atoms with E-state index in [9.17, 15) is 9.59 Å². The molecule has 1 aliphatic carbocycles. The molecule has 2 heteroatoms. The summed E-state index contributed by atoms with van der Waals surface area (Å²) in [6.07, 6.45) is 5.03. The van der Waals surface area contributed by atoms with Crippen molar-refractivity contribution in [3.63, 3.8) is 0 Å². The third kappa shape index (κ3) is 1.95. The van der Waals surface area contributed by atoms with Crippen LogP contribution >= 0.6 is 0 Å². The van der Waals surface area contributed by atoms with Gasteiger partial charge in [0.2, 0.25) is 5.78 Å². The first kappa shape index (κ1) is 13.2. The molecule has 0 amide bonds. The first-order chi connectivity index (χ1) is 10.8. The molecule has 3 aromatic rings. The molecule has 0 aromatic heterocycles. The van der Waals surface area contributed by atoms with E-state index in [0.717, 1.165) is 34.4 Å². The zero-order valence-electron chi connectivity index (χ0n) is 12.3. The highest BCUT2D eigenvalue weighted by molar-refractivity contribution is 6.40. The van der Waals surface area contributed by atoms with Gasteiger partial charge in [0, 0.05) is 5.56 Å². The van der Waals surface area contributed by atoms with Crippen molar-refractivity contribution in [2.75, 3.05) is 0 Å². The molecule has 0 N–H and O–H groups in total. The standard InChI is InChI=1S/C20H16O2/c21-12-19(22)20-17-8-4-3-7-15(17)10-16-9-13-5-1-2-6-14(13)11-18(16)20/h3-4,7-12H,1-2,5-6H2. The molecule has 108 valence electrons. The second-order valence-electron chi connectivity index (χ2n) is 6.00. The Kier molecular flexibility index (Phi) is 3.04. The normalized spacial score (nSPS) is 14.0. The number of rotatable bonds is 2. The number of carbonyl (C=O) groups is 2. The third-order valence-corrected chi connectivity index (χ3v) is 4.68. The van der Waals surface area contributed by atoms with E-state index in [4.69, 9.17) is 0 Å². The van der Waals surface area contributed by atoms with Crippen LogP contribution in [-0.2, 0) is 17.6 Å². The van der Waals surface area contributed by atoms with E-state index in [-0.39, 0.29) is 0 Å². The van der Waals surface area contributed by atoms with E-state index < -0.39 is 5.78 Å². The number of ketones is 1. The second-order valence-corrected chi connectivity index (χ2v) is 6.00. The first-order valence-corrected chi connectivity index (χ1v) is 7.75. The molecule has 0 heterocycles. The molecule has 2 nitrogen and oxygen atoms in total. The van der Waals surface area contributed by atoms with Crippen LogP contribution in [0.15, 0.2) is 42.5 Å². The number of aryl methyl sites for hydroxylation is 2. The van der Waals surface area contributed by atoms with E-state index >= 15 is 0 Å². The molecule has 0 saturated carbocycles. The largest absolute Gasteiger partial charge is 0.294 e. The highest BCUT2D eigenvalue weighted by Crippen LogP contribution is 2.33. The summed E-state index contributed by atoms with van der Waals surface area (Å²) < 4.78 is 0. The van der Waals surface area contributed by atoms with Crippen LogP contribution in [0.3, 0.4) is 0 Å². The third-order valence-electron chi connectivity index (χ3n) is 4.68. The summed E-state index contributed by atoms with van der Waals surface area (Å²) in [5.74, 6) is -0.433. The number of hydrogen-bond acceptors (Lipinski definition) is 2. The average molecular weight is 288 g/mol. The van der Waals surface area contributed by atoms with Crippen LogP contribution in [0.1, 0.15) is 34.3 Å². The molecule has 0 radical (unpaired) electrons. The van der Waals surface area contributed by atoms with Gasteiger partial charge in [0.25, 0.3) is 0 Å². The van der Waals surface area contributed by atoms with Crippen LogP contribution in [0.5, 0.6) is 0 Å². The highest BCUT2D eigenvalue weighted by atomic mass is 16.2. The molecule has 0 saturated heterocycles. The average Bonchev–Trinajstić information content (AvgIpc) is 2.57. The lowest BCUT2D eigenvalue weighted by Crippen LogP contribution is -2.06. The lowest BCUT2D eigenvalue weighted by molar-refractivity contribution is -0.104. The van der Waals surface area contributed by atoms with Crippen molar-refractivity contribution in [2.45, 2.75) is 25.7 Å². The molecule has 0 unspecified atom stereocenters. The lowest BCUT2D eigenvalue weighted by atomic mass is 9.86. The molecule has 1 aliphatic rings. The van der Waals surface area contributed by atoms with Crippen LogP contribution in [0.2, 0.25) is 0 Å². The molecule has 0 bridgehead atoms. The Hall–Kier alpha value is -2.48. The van der Waals surface area contributed by atoms with Crippen molar-refractivity contribution < 1.29 is 9.59 Å². The minimum absolute atomic E-state index is 0.431. The van der Waals surface area contributed by atoms with Crippen molar-refractivity contribution in [2.24, 2.45) is 0 Å². The molecule has 22 heavy (non-hydrogen) atoms. The fourth-order valence-corrected chi connectivity index (χ4v) is 3.63. The van der Waals surface area contributed by atoms with E-state index in [1.54, 1.807) is 0 Å². The van der Waals surface area contributed by atoms with Crippen molar-refractivity contribution in [3.05, 3.63) is 59.2 Å². The van der Waals surface area contributed by atoms with Gasteiger partial charge in [0.15, 0.2) is 6.29 Å². The fourth-order valence-electron chi connectivity index (χ4n) is 3.63. The van der Waals surface area contributed by atoms with Crippen molar-refractivity contribution in [1.82, 2.24) is 0 Å². The van der Waals surface area contributed by atoms with Gasteiger partial charge in [0.05, 0.1) is 0 Å². The summed E-state index contributed by atoms with van der Waals surface area (Å²) in [5, 5.41) is 3.85. The smallest absolute Gasteiger partial charge is 0.226 e. The molecule has 0 atom stereocenters. The predicted molar refractivity (Wildman–Crippen MR) is 88.5 cm³/mol. The quantitative estimate of drug-likeness (QED) is 0.306. The van der Waals surface area contributed by atoms with Gasteiger partial charge in [-0.1, -0.05) is 36.4 Å². The predicted octanol–water partition coefficient (Wildman–Crippen LogP) is 4.25. The van der Waals surface area contributed by atoms with Crippen molar-refractivity contribution in [1.29, 1.82) is 0 Å². The second kappa shape index (κ2) is 5.06. The zero-order chi connectivity index (χ0) is 15.1. The Morgan fingerprint density at radius 2 is 1.59 bits per heavy atom. The molecule has 0 fully saturated rings. The van der Waals surface area contributed by atoms with Crippen LogP contribution in [-0.4, -0.2) is 12.1 Å². The zero-order valence-corrected chi connectivity index (χ0v) is 12.3. The van der Waals surface area contributed by atoms with Crippen LogP contribution < -0.4 is 0 Å². The van der Waals surface area contributed by atoms with E-state index in [2.05, 4.69) is 18.2 Å². The maximum atomic E-state index is 12.2. The van der Waals surface area contributed by atoms with Gasteiger partial charge >= 0.3 is 0 Å². The van der Waals surface area contributed by atoms with Gasteiger partial charge in [-0.05, 0) is 64.4 Å². The Morgan fingerprint density at radius 1 is 0.864 bits per heavy atom. The number of carbonyl (C=O) groups excluding carboxylic acids is 2. The maximum Gasteiger partial charge on any atom is 0.226 e. The summed E-state index contributed by atoms with van der Waals surface area (Å²) in [6, 6.07) is 14.3. The first-order valence-electron chi connectivity index (χ1n) is 7.75. The number of hydrogen-bond donors (Lipinski definition) is 0. The molecule has 4 rings (SSSR count). The Bertz CT molecular complexity index is 922. The van der Waals surface area contributed by atoms with Gasteiger partial charge < -0.3 is 0 Å². The summed E-state index contributed by atoms with van der Waals surface area (Å²) >= 11 is 0. The van der Waals surface area contributed by atoms with E-state index in [1.165, 1.54) is 24.0 Å². The maximum absolute atomic E-state index is 12.2. The minimum Gasteiger partial charge on any atom is -0.294 e. The SMILES string of the molecule is O=CC(=O)c1c2ccccc2cc2cc3c(cc12)CCCC3. The highest BCUT2D eigenvalue weighted by Gasteiger charge is 2.17. The molecule has 0 aliphatic heterocycles. The van der Waals surface area contributed by atoms with Gasteiger partial charge in [-0.15, -0.1) is 0 Å². The van der Waals surface area contributed by atoms with Crippen LogP contribution in [0, 0.1) is 0 Å². The number of Topliss-reactive ketones (excluding diaryl/α,β-unsaturated/α-hetero) is 1. The summed E-state index contributed by atoms with van der Waals surface area (Å²) in [4.78, 5) is 23.4. The number of fused-ring (bicyclic) bond motifs is 3. The van der Waals surface area contributed by atoms with Crippen molar-refractivity contribution >= 4 is 33.6 Å². The number of benzene rings is 3. The van der Waals surface area contributed by atoms with E-state index in [0.29, 0.717) is 11.8 Å². The minimum atomic E-state index is -0.433. The van der Waals surface area contributed by atoms with Gasteiger partial charge in [0.1, 0.15) is 0 Å². The Morgan fingerprint density at radius 3 is 2.36 bits per heavy atom. The Labute approximate surface area is 128 Å². The van der Waals surface area contributed by atoms with Gasteiger partial charge in [-0.2, -0.15) is 0 Å². The summed E-state index contributed by atoms with van der Waals surface area (Å²) in [6.45, 7) is 0. The van der Waals surface area contributed by atoms with Gasteiger partial charge in [-0.25, -0.2) is 0 Å². The summed E-state index contributed by atoms with van der Waals surface area (Å²) in [5.41, 5.74) is 3.27. The topological polar surface area (TPSA) is 34.1 Å². The van der Waals surface area contributed by atoms with Crippen LogP contribution in [0.25, 0.3) is 21.5 Å². The van der Waals surface area contributed by atoms with Crippen LogP contribution in [0.4, 0.5) is 0 Å². The molecular weight excluding hydrogens is 272 g/mol. The van der Waals surface area contributed by atoms with Gasteiger partial charge in [-0.3, -0.25) is 9.59 Å². The van der Waals surface area contributed by atoms with E-state index in [1.807, 2.05) is 24.3 Å². The lowest BCUT2D eigenvalue weighted by Gasteiger charge is -2.18. The fraction of sp³-hybridized carbons (Fsp3) is 0.200. The molecular formula is C20H16O2. The molecule has 3 aromatic carbocycles. The Balaban J connectivity index is 2.15.